The van der Waals surface area contributed by atoms with Crippen LogP contribution in [-0.2, 0) is 0 Å². The van der Waals surface area contributed by atoms with E-state index in [2.05, 4.69) is 20.8 Å². The fraction of sp³-hybridized carbons (Fsp3) is 1.00. The molecule has 2 atom stereocenters. The number of hydrogen-bond acceptors (Lipinski definition) is 1. The molecule has 1 nitrogen and oxygen atoms in total. The van der Waals surface area contributed by atoms with Gasteiger partial charge in [0, 0.05) is 0 Å². The summed E-state index contributed by atoms with van der Waals surface area (Å²) in [6, 6.07) is 0. The van der Waals surface area contributed by atoms with Crippen LogP contribution in [0, 0.1) is 11.3 Å². The SMILES string of the molecule is CC.CC1CC(O)CC(C)(C)C1. The zero-order chi connectivity index (χ0) is 9.78. The van der Waals surface area contributed by atoms with Crippen molar-refractivity contribution in [1.82, 2.24) is 0 Å². The molecule has 1 saturated carbocycles. The highest BCUT2D eigenvalue weighted by atomic mass is 16.3. The summed E-state index contributed by atoms with van der Waals surface area (Å²) in [5.41, 5.74) is 0.372. The van der Waals surface area contributed by atoms with Crippen molar-refractivity contribution < 1.29 is 5.11 Å². The first kappa shape index (κ1) is 12.0. The third-order valence-corrected chi connectivity index (χ3v) is 2.36. The molecular formula is C11H24O. The van der Waals surface area contributed by atoms with Crippen molar-refractivity contribution >= 4 is 0 Å². The molecule has 0 spiro atoms. The molecule has 0 heterocycles. The molecule has 0 aromatic carbocycles. The lowest BCUT2D eigenvalue weighted by Crippen LogP contribution is -2.30. The summed E-state index contributed by atoms with van der Waals surface area (Å²) in [5.74, 6) is 0.707. The maximum absolute atomic E-state index is 9.42. The number of aliphatic hydroxyl groups excluding tert-OH is 1. The van der Waals surface area contributed by atoms with Gasteiger partial charge in [-0.2, -0.15) is 0 Å². The van der Waals surface area contributed by atoms with Gasteiger partial charge in [-0.3, -0.25) is 0 Å². The summed E-state index contributed by atoms with van der Waals surface area (Å²) in [7, 11) is 0. The first-order valence-corrected chi connectivity index (χ1v) is 5.18. The summed E-state index contributed by atoms with van der Waals surface area (Å²) < 4.78 is 0. The molecule has 2 unspecified atom stereocenters. The smallest absolute Gasteiger partial charge is 0.0547 e. The molecule has 0 saturated heterocycles. The summed E-state index contributed by atoms with van der Waals surface area (Å²) in [4.78, 5) is 0. The van der Waals surface area contributed by atoms with Crippen LogP contribution in [0.25, 0.3) is 0 Å². The van der Waals surface area contributed by atoms with Crippen molar-refractivity contribution in [3.63, 3.8) is 0 Å². The summed E-state index contributed by atoms with van der Waals surface area (Å²) in [6.07, 6.45) is 3.21. The Morgan fingerprint density at radius 1 is 1.17 bits per heavy atom. The summed E-state index contributed by atoms with van der Waals surface area (Å²) in [5, 5.41) is 9.42. The Balaban J connectivity index is 0.000000561. The molecular weight excluding hydrogens is 148 g/mol. The number of rotatable bonds is 0. The Hall–Kier alpha value is -0.0400. The second kappa shape index (κ2) is 4.86. The average molecular weight is 172 g/mol. The predicted molar refractivity (Wildman–Crippen MR) is 54.2 cm³/mol. The highest BCUT2D eigenvalue weighted by molar-refractivity contribution is 4.82. The quantitative estimate of drug-likeness (QED) is 0.595. The van der Waals surface area contributed by atoms with E-state index in [9.17, 15) is 5.11 Å². The molecule has 1 aliphatic rings. The van der Waals surface area contributed by atoms with Gasteiger partial charge in [0.2, 0.25) is 0 Å². The van der Waals surface area contributed by atoms with Gasteiger partial charge >= 0.3 is 0 Å². The molecule has 0 aromatic rings. The van der Waals surface area contributed by atoms with Crippen LogP contribution in [0.1, 0.15) is 53.9 Å². The lowest BCUT2D eigenvalue weighted by Gasteiger charge is -2.36. The maximum atomic E-state index is 9.42. The van der Waals surface area contributed by atoms with Crippen LogP contribution in [0.4, 0.5) is 0 Å². The minimum absolute atomic E-state index is 0.0428. The minimum atomic E-state index is -0.0428. The second-order valence-electron chi connectivity index (χ2n) is 4.57. The first-order valence-electron chi connectivity index (χ1n) is 5.18. The van der Waals surface area contributed by atoms with E-state index in [1.807, 2.05) is 13.8 Å². The summed E-state index contributed by atoms with van der Waals surface area (Å²) in [6.45, 7) is 10.7. The van der Waals surface area contributed by atoms with E-state index in [4.69, 9.17) is 0 Å². The first-order chi connectivity index (χ1) is 5.49. The molecule has 74 valence electrons. The van der Waals surface area contributed by atoms with Gasteiger partial charge in [0.25, 0.3) is 0 Å². The van der Waals surface area contributed by atoms with Crippen LogP contribution in [0.3, 0.4) is 0 Å². The molecule has 1 N–H and O–H groups in total. The molecule has 0 radical (unpaired) electrons. The highest BCUT2D eigenvalue weighted by Crippen LogP contribution is 2.38. The normalized spacial score (nSPS) is 33.5. The molecule has 1 aliphatic carbocycles. The van der Waals surface area contributed by atoms with Crippen molar-refractivity contribution in [3.8, 4) is 0 Å². The number of hydrogen-bond donors (Lipinski definition) is 1. The van der Waals surface area contributed by atoms with Crippen LogP contribution < -0.4 is 0 Å². The molecule has 0 aliphatic heterocycles. The van der Waals surface area contributed by atoms with Gasteiger partial charge in [0.05, 0.1) is 6.10 Å². The Labute approximate surface area is 77.2 Å². The fourth-order valence-corrected chi connectivity index (χ4v) is 2.30. The van der Waals surface area contributed by atoms with Gasteiger partial charge in [0.1, 0.15) is 0 Å². The van der Waals surface area contributed by atoms with Gasteiger partial charge in [-0.05, 0) is 30.6 Å². The van der Waals surface area contributed by atoms with Gasteiger partial charge < -0.3 is 5.11 Å². The van der Waals surface area contributed by atoms with Crippen LogP contribution in [-0.4, -0.2) is 11.2 Å². The molecule has 1 fully saturated rings. The molecule has 0 amide bonds. The molecule has 1 rings (SSSR count). The van der Waals surface area contributed by atoms with Gasteiger partial charge in [-0.15, -0.1) is 0 Å². The van der Waals surface area contributed by atoms with Crippen LogP contribution >= 0.6 is 0 Å². The van der Waals surface area contributed by atoms with Crippen molar-refractivity contribution in [3.05, 3.63) is 0 Å². The second-order valence-corrected chi connectivity index (χ2v) is 4.57. The zero-order valence-electron chi connectivity index (χ0n) is 9.22. The van der Waals surface area contributed by atoms with E-state index in [1.165, 1.54) is 6.42 Å². The third-order valence-electron chi connectivity index (χ3n) is 2.36. The Bertz CT molecular complexity index is 106. The van der Waals surface area contributed by atoms with Crippen LogP contribution in [0.15, 0.2) is 0 Å². The van der Waals surface area contributed by atoms with E-state index >= 15 is 0 Å². The standard InChI is InChI=1S/C9H18O.C2H6/c1-7-4-8(10)6-9(2,3)5-7;1-2/h7-8,10H,4-6H2,1-3H3;1-2H3. The summed E-state index contributed by atoms with van der Waals surface area (Å²) >= 11 is 0. The van der Waals surface area contributed by atoms with Crippen LogP contribution in [0.5, 0.6) is 0 Å². The lowest BCUT2D eigenvalue weighted by atomic mass is 9.72. The molecule has 1 heteroatoms. The lowest BCUT2D eigenvalue weighted by molar-refractivity contribution is 0.0394. The van der Waals surface area contributed by atoms with Crippen molar-refractivity contribution in [2.75, 3.05) is 0 Å². The topological polar surface area (TPSA) is 20.2 Å². The Kier molecular flexibility index (Phi) is 4.84. The van der Waals surface area contributed by atoms with Gasteiger partial charge in [-0.1, -0.05) is 34.6 Å². The van der Waals surface area contributed by atoms with Crippen molar-refractivity contribution in [2.24, 2.45) is 11.3 Å². The predicted octanol–water partition coefficient (Wildman–Crippen LogP) is 3.22. The number of aliphatic hydroxyl groups is 1. The van der Waals surface area contributed by atoms with E-state index in [-0.39, 0.29) is 6.10 Å². The monoisotopic (exact) mass is 172 g/mol. The molecule has 0 aromatic heterocycles. The third kappa shape index (κ3) is 4.10. The Morgan fingerprint density at radius 2 is 1.67 bits per heavy atom. The largest absolute Gasteiger partial charge is 0.393 e. The van der Waals surface area contributed by atoms with Crippen LogP contribution in [0.2, 0.25) is 0 Å². The van der Waals surface area contributed by atoms with Crippen molar-refractivity contribution in [2.45, 2.75) is 60.0 Å². The minimum Gasteiger partial charge on any atom is -0.393 e. The molecule has 0 bridgehead atoms. The van der Waals surface area contributed by atoms with E-state index < -0.39 is 0 Å². The van der Waals surface area contributed by atoms with E-state index in [1.54, 1.807) is 0 Å². The maximum Gasteiger partial charge on any atom is 0.0547 e. The van der Waals surface area contributed by atoms with Crippen molar-refractivity contribution in [1.29, 1.82) is 0 Å². The van der Waals surface area contributed by atoms with Gasteiger partial charge in [-0.25, -0.2) is 0 Å². The highest BCUT2D eigenvalue weighted by Gasteiger charge is 2.30. The molecule has 12 heavy (non-hydrogen) atoms. The zero-order valence-corrected chi connectivity index (χ0v) is 9.22. The Morgan fingerprint density at radius 3 is 2.00 bits per heavy atom. The van der Waals surface area contributed by atoms with E-state index in [0.29, 0.717) is 11.3 Å². The average Bonchev–Trinajstić information content (AvgIpc) is 1.85. The van der Waals surface area contributed by atoms with E-state index in [0.717, 1.165) is 12.8 Å². The fourth-order valence-electron chi connectivity index (χ4n) is 2.30. The van der Waals surface area contributed by atoms with Gasteiger partial charge in [0.15, 0.2) is 0 Å².